The summed E-state index contributed by atoms with van der Waals surface area (Å²) in [5, 5.41) is 15.5. The van der Waals surface area contributed by atoms with Gasteiger partial charge < -0.3 is 25.6 Å². The Morgan fingerprint density at radius 3 is 2.79 bits per heavy atom. The zero-order valence-corrected chi connectivity index (χ0v) is 20.1. The molecule has 2 fully saturated rings. The molecule has 5 rings (SSSR count). The Labute approximate surface area is 202 Å². The molecule has 1 aliphatic carbocycles. The van der Waals surface area contributed by atoms with Crippen molar-refractivity contribution in [1.29, 1.82) is 0 Å². The average Bonchev–Trinajstić information content (AvgIpc) is 3.14. The molecule has 11 nitrogen and oxygen atoms in total. The SMILES string of the molecule is CCNC(=S)NC1[C@H]2CN(c3nc(Nc4cc(C)nn4C(=O)OCC)c4cccnc4n3)C[C@@H]12. The predicted octanol–water partition coefficient (Wildman–Crippen LogP) is 2.20. The highest BCUT2D eigenvalue weighted by molar-refractivity contribution is 7.80. The summed E-state index contributed by atoms with van der Waals surface area (Å²) < 4.78 is 6.34. The second-order valence-electron chi connectivity index (χ2n) is 8.42. The Morgan fingerprint density at radius 1 is 1.26 bits per heavy atom. The van der Waals surface area contributed by atoms with Gasteiger partial charge in [-0.3, -0.25) is 0 Å². The van der Waals surface area contributed by atoms with Gasteiger partial charge in [-0.2, -0.15) is 15.1 Å². The van der Waals surface area contributed by atoms with Crippen molar-refractivity contribution < 1.29 is 9.53 Å². The summed E-state index contributed by atoms with van der Waals surface area (Å²) in [6, 6.07) is 5.89. The van der Waals surface area contributed by atoms with Gasteiger partial charge in [-0.05, 0) is 45.1 Å². The van der Waals surface area contributed by atoms with E-state index in [1.54, 1.807) is 19.2 Å². The Morgan fingerprint density at radius 2 is 2.06 bits per heavy atom. The van der Waals surface area contributed by atoms with E-state index in [4.69, 9.17) is 26.9 Å². The van der Waals surface area contributed by atoms with Crippen molar-refractivity contribution >= 4 is 52.0 Å². The third-order valence-electron chi connectivity index (χ3n) is 6.09. The molecule has 2 aliphatic rings. The van der Waals surface area contributed by atoms with Gasteiger partial charge in [0.25, 0.3) is 0 Å². The van der Waals surface area contributed by atoms with Crippen LogP contribution in [0.15, 0.2) is 24.4 Å². The van der Waals surface area contributed by atoms with E-state index in [0.717, 1.165) is 25.0 Å². The zero-order valence-electron chi connectivity index (χ0n) is 19.3. The van der Waals surface area contributed by atoms with Crippen LogP contribution in [0.5, 0.6) is 0 Å². The molecule has 178 valence electrons. The molecular formula is C22H27N9O2S. The highest BCUT2D eigenvalue weighted by Gasteiger charge is 2.56. The number of rotatable bonds is 6. The minimum absolute atomic E-state index is 0.258. The van der Waals surface area contributed by atoms with E-state index in [1.165, 1.54) is 4.68 Å². The number of anilines is 3. The van der Waals surface area contributed by atoms with Crippen molar-refractivity contribution in [2.24, 2.45) is 11.8 Å². The Kier molecular flexibility index (Phi) is 5.90. The molecule has 1 unspecified atom stereocenters. The maximum atomic E-state index is 12.4. The molecule has 1 saturated heterocycles. The van der Waals surface area contributed by atoms with Crippen LogP contribution in [-0.4, -0.2) is 68.2 Å². The summed E-state index contributed by atoms with van der Waals surface area (Å²) >= 11 is 5.33. The highest BCUT2D eigenvalue weighted by Crippen LogP contribution is 2.46. The van der Waals surface area contributed by atoms with E-state index in [0.29, 0.717) is 51.9 Å². The van der Waals surface area contributed by atoms with Crippen LogP contribution in [0.4, 0.5) is 22.4 Å². The lowest BCUT2D eigenvalue weighted by molar-refractivity contribution is 0.151. The number of aromatic nitrogens is 5. The number of carbonyl (C=O) groups excluding carboxylic acids is 1. The summed E-state index contributed by atoms with van der Waals surface area (Å²) in [4.78, 5) is 28.5. The van der Waals surface area contributed by atoms with Gasteiger partial charge in [0.1, 0.15) is 11.6 Å². The second-order valence-corrected chi connectivity index (χ2v) is 8.82. The number of thiocarbonyl (C=S) groups is 1. The largest absolute Gasteiger partial charge is 0.448 e. The van der Waals surface area contributed by atoms with Gasteiger partial charge >= 0.3 is 6.09 Å². The van der Waals surface area contributed by atoms with Crippen molar-refractivity contribution in [1.82, 2.24) is 35.4 Å². The van der Waals surface area contributed by atoms with Gasteiger partial charge in [0.15, 0.2) is 10.8 Å². The summed E-state index contributed by atoms with van der Waals surface area (Å²) in [6.07, 6.45) is 1.15. The first-order valence-corrected chi connectivity index (χ1v) is 11.8. The fourth-order valence-corrected chi connectivity index (χ4v) is 4.77. The van der Waals surface area contributed by atoms with Crippen molar-refractivity contribution in [3.8, 4) is 0 Å². The van der Waals surface area contributed by atoms with Crippen LogP contribution in [-0.2, 0) is 4.74 Å². The number of nitrogens with one attached hydrogen (secondary N) is 3. The van der Waals surface area contributed by atoms with Crippen LogP contribution in [0, 0.1) is 18.8 Å². The lowest BCUT2D eigenvalue weighted by atomic mass is 10.3. The fourth-order valence-electron chi connectivity index (χ4n) is 4.49. The van der Waals surface area contributed by atoms with E-state index in [1.807, 2.05) is 26.0 Å². The standard InChI is InChI=1S/C22H27N9O2S/c1-4-23-21(34)26-17-14-10-30(11-15(14)17)20-27-18-13(7-6-8-24-18)19(28-20)25-16-9-12(3)29-31(16)22(32)33-5-2/h6-9,14-15,17H,4-5,10-11H2,1-3H3,(H2,23,26,34)(H,24,25,27,28)/t14-,15+,17?. The van der Waals surface area contributed by atoms with Gasteiger partial charge in [0.05, 0.1) is 17.7 Å². The third kappa shape index (κ3) is 4.20. The number of hydrogen-bond acceptors (Lipinski definition) is 9. The number of nitrogens with zero attached hydrogens (tertiary/aromatic N) is 6. The number of pyridine rings is 1. The summed E-state index contributed by atoms with van der Waals surface area (Å²) in [5.41, 5.74) is 1.26. The summed E-state index contributed by atoms with van der Waals surface area (Å²) in [7, 11) is 0. The van der Waals surface area contributed by atoms with Crippen molar-refractivity contribution in [2.45, 2.75) is 26.8 Å². The first kappa shape index (κ1) is 22.3. The number of piperidine rings is 1. The van der Waals surface area contributed by atoms with Crippen LogP contribution < -0.4 is 20.9 Å². The maximum absolute atomic E-state index is 12.4. The summed E-state index contributed by atoms with van der Waals surface area (Å²) in [5.74, 6) is 2.64. The molecule has 3 atom stereocenters. The van der Waals surface area contributed by atoms with Crippen LogP contribution in [0.2, 0.25) is 0 Å². The van der Waals surface area contributed by atoms with E-state index in [-0.39, 0.29) is 6.61 Å². The Hall–Kier alpha value is -3.54. The Bertz CT molecular complexity index is 1230. The van der Waals surface area contributed by atoms with Gasteiger partial charge in [-0.1, -0.05) is 0 Å². The monoisotopic (exact) mass is 481 g/mol. The van der Waals surface area contributed by atoms with Crippen molar-refractivity contribution in [3.05, 3.63) is 30.1 Å². The number of ether oxygens (including phenoxy) is 1. The molecule has 3 N–H and O–H groups in total. The maximum Gasteiger partial charge on any atom is 0.436 e. The quantitative estimate of drug-likeness (QED) is 0.449. The first-order valence-electron chi connectivity index (χ1n) is 11.4. The predicted molar refractivity (Wildman–Crippen MR) is 132 cm³/mol. The summed E-state index contributed by atoms with van der Waals surface area (Å²) in [6.45, 7) is 8.35. The van der Waals surface area contributed by atoms with Crippen LogP contribution in [0.3, 0.4) is 0 Å². The molecule has 12 heteroatoms. The molecule has 34 heavy (non-hydrogen) atoms. The van der Waals surface area contributed by atoms with Gasteiger partial charge in [0, 0.05) is 49.8 Å². The molecule has 0 spiro atoms. The Balaban J connectivity index is 1.39. The van der Waals surface area contributed by atoms with Crippen LogP contribution in [0.1, 0.15) is 19.5 Å². The normalized spacial score (nSPS) is 20.7. The number of aryl methyl sites for hydroxylation is 1. The molecule has 1 aliphatic heterocycles. The molecular weight excluding hydrogens is 454 g/mol. The molecule has 0 radical (unpaired) electrons. The molecule has 0 aromatic carbocycles. The van der Waals surface area contributed by atoms with E-state index < -0.39 is 6.09 Å². The van der Waals surface area contributed by atoms with Crippen molar-refractivity contribution in [2.75, 3.05) is 36.5 Å². The first-order chi connectivity index (χ1) is 16.5. The van der Waals surface area contributed by atoms with Crippen LogP contribution in [0.25, 0.3) is 11.0 Å². The van der Waals surface area contributed by atoms with E-state index >= 15 is 0 Å². The smallest absolute Gasteiger partial charge is 0.436 e. The molecule has 3 aromatic heterocycles. The molecule has 0 amide bonds. The molecule has 3 aromatic rings. The molecule has 1 saturated carbocycles. The average molecular weight is 482 g/mol. The van der Waals surface area contributed by atoms with Crippen LogP contribution >= 0.6 is 12.2 Å². The lowest BCUT2D eigenvalue weighted by Crippen LogP contribution is -2.40. The lowest BCUT2D eigenvalue weighted by Gasteiger charge is -2.22. The van der Waals surface area contributed by atoms with Gasteiger partial charge in [0.2, 0.25) is 5.95 Å². The minimum atomic E-state index is -0.552. The number of fused-ring (bicyclic) bond motifs is 2. The van der Waals surface area contributed by atoms with Gasteiger partial charge in [-0.25, -0.2) is 9.78 Å². The molecule has 0 bridgehead atoms. The topological polar surface area (TPSA) is 122 Å². The van der Waals surface area contributed by atoms with Gasteiger partial charge in [-0.15, -0.1) is 4.68 Å². The fraction of sp³-hybridized carbons (Fsp3) is 0.455. The zero-order chi connectivity index (χ0) is 23.8. The minimum Gasteiger partial charge on any atom is -0.448 e. The van der Waals surface area contributed by atoms with E-state index in [9.17, 15) is 4.79 Å². The number of hydrogen-bond donors (Lipinski definition) is 3. The van der Waals surface area contributed by atoms with Crippen molar-refractivity contribution in [3.63, 3.8) is 0 Å². The van der Waals surface area contributed by atoms with E-state index in [2.05, 4.69) is 30.9 Å². The third-order valence-corrected chi connectivity index (χ3v) is 6.35. The highest BCUT2D eigenvalue weighted by atomic mass is 32.1. The number of carbonyl (C=O) groups is 1. The second kappa shape index (κ2) is 9.01. The molecule has 4 heterocycles.